The van der Waals surface area contributed by atoms with E-state index in [0.29, 0.717) is 10.6 Å². The molecule has 126 valence electrons. The summed E-state index contributed by atoms with van der Waals surface area (Å²) in [5, 5.41) is 10.8. The quantitative estimate of drug-likeness (QED) is 0.762. The molecular weight excluding hydrogens is 322 g/mol. The number of hydrogen-bond donors (Lipinski definition) is 1. The Bertz CT molecular complexity index is 922. The van der Waals surface area contributed by atoms with Crippen LogP contribution in [0.25, 0.3) is 16.9 Å². The van der Waals surface area contributed by atoms with Crippen LogP contribution in [0.2, 0.25) is 5.02 Å². The van der Waals surface area contributed by atoms with Gasteiger partial charge in [-0.3, -0.25) is 4.57 Å². The summed E-state index contributed by atoms with van der Waals surface area (Å²) in [6.45, 7) is 9.57. The third-order valence-electron chi connectivity index (χ3n) is 4.19. The third kappa shape index (κ3) is 2.80. The van der Waals surface area contributed by atoms with Crippen LogP contribution >= 0.6 is 11.6 Å². The summed E-state index contributed by atoms with van der Waals surface area (Å²) >= 11 is 6.43. The highest BCUT2D eigenvalue weighted by Gasteiger charge is 2.21. The van der Waals surface area contributed by atoms with Gasteiger partial charge in [0.05, 0.1) is 11.3 Å². The maximum atomic E-state index is 10.2. The fourth-order valence-corrected chi connectivity index (χ4v) is 3.46. The van der Waals surface area contributed by atoms with Crippen LogP contribution in [0.1, 0.15) is 43.4 Å². The van der Waals surface area contributed by atoms with Crippen molar-refractivity contribution in [1.29, 1.82) is 0 Å². The van der Waals surface area contributed by atoms with Gasteiger partial charge in [0.2, 0.25) is 0 Å². The first-order chi connectivity index (χ1) is 11.2. The lowest BCUT2D eigenvalue weighted by atomic mass is 9.98. The van der Waals surface area contributed by atoms with Crippen LogP contribution in [0.4, 0.5) is 0 Å². The van der Waals surface area contributed by atoms with Gasteiger partial charge in [-0.15, -0.1) is 0 Å². The number of imidazole rings is 1. The molecule has 0 bridgehead atoms. The van der Waals surface area contributed by atoms with E-state index in [-0.39, 0.29) is 0 Å². The van der Waals surface area contributed by atoms with Gasteiger partial charge >= 0.3 is 0 Å². The van der Waals surface area contributed by atoms with Crippen LogP contribution < -0.4 is 0 Å². The number of fused-ring (bicyclic) bond motifs is 1. The molecule has 5 heteroatoms. The van der Waals surface area contributed by atoms with Crippen LogP contribution in [-0.4, -0.2) is 19.6 Å². The zero-order valence-corrected chi connectivity index (χ0v) is 15.4. The van der Waals surface area contributed by atoms with Gasteiger partial charge in [-0.25, -0.2) is 9.97 Å². The molecule has 1 N–H and O–H groups in total. The van der Waals surface area contributed by atoms with E-state index in [4.69, 9.17) is 21.6 Å². The van der Waals surface area contributed by atoms with Gasteiger partial charge in [0.1, 0.15) is 11.3 Å². The second-order valence-electron chi connectivity index (χ2n) is 6.69. The van der Waals surface area contributed by atoms with Gasteiger partial charge in [0, 0.05) is 22.7 Å². The van der Waals surface area contributed by atoms with E-state index in [9.17, 15) is 5.11 Å². The molecule has 0 spiro atoms. The average molecular weight is 344 g/mol. The minimum atomic E-state index is -0.981. The van der Waals surface area contributed by atoms with E-state index in [2.05, 4.69) is 18.4 Å². The number of pyridine rings is 1. The Balaban J connectivity index is 2.28. The molecule has 3 aromatic rings. The SMILES string of the molecule is CCc1nc2c(C)cc(C)nc2n1-c1ccc(C(C)(C)O)c(Cl)c1. The summed E-state index contributed by atoms with van der Waals surface area (Å²) in [5.41, 5.74) is 4.47. The first-order valence-corrected chi connectivity index (χ1v) is 8.48. The molecule has 2 aromatic heterocycles. The molecule has 0 radical (unpaired) electrons. The molecule has 0 saturated carbocycles. The van der Waals surface area contributed by atoms with Crippen LogP contribution in [0.15, 0.2) is 24.3 Å². The van der Waals surface area contributed by atoms with Crippen molar-refractivity contribution < 1.29 is 5.11 Å². The Morgan fingerprint density at radius 3 is 2.46 bits per heavy atom. The van der Waals surface area contributed by atoms with Gasteiger partial charge in [-0.1, -0.05) is 24.6 Å². The molecule has 0 unspecified atom stereocenters. The largest absolute Gasteiger partial charge is 0.386 e. The second-order valence-corrected chi connectivity index (χ2v) is 7.10. The number of aryl methyl sites for hydroxylation is 3. The predicted molar refractivity (Wildman–Crippen MR) is 98.0 cm³/mol. The molecule has 1 aromatic carbocycles. The normalized spacial score (nSPS) is 12.1. The second kappa shape index (κ2) is 5.87. The summed E-state index contributed by atoms with van der Waals surface area (Å²) < 4.78 is 2.05. The van der Waals surface area contributed by atoms with Crippen LogP contribution in [0.5, 0.6) is 0 Å². The number of aliphatic hydroxyl groups is 1. The van der Waals surface area contributed by atoms with Gasteiger partial charge in [-0.2, -0.15) is 0 Å². The Kier molecular flexibility index (Phi) is 4.14. The lowest BCUT2D eigenvalue weighted by Crippen LogP contribution is -2.16. The van der Waals surface area contributed by atoms with E-state index >= 15 is 0 Å². The molecule has 0 atom stereocenters. The Labute approximate surface area is 147 Å². The third-order valence-corrected chi connectivity index (χ3v) is 4.50. The fraction of sp³-hybridized carbons (Fsp3) is 0.368. The minimum Gasteiger partial charge on any atom is -0.386 e. The van der Waals surface area contributed by atoms with Crippen molar-refractivity contribution in [3.05, 3.63) is 51.9 Å². The average Bonchev–Trinajstić information content (AvgIpc) is 2.84. The molecule has 0 aliphatic heterocycles. The number of aromatic nitrogens is 3. The monoisotopic (exact) mass is 343 g/mol. The van der Waals surface area contributed by atoms with Crippen molar-refractivity contribution in [1.82, 2.24) is 14.5 Å². The standard InChI is InChI=1S/C19H22ClN3O/c1-6-16-22-17-11(2)9-12(3)21-18(17)23(16)13-7-8-14(15(20)10-13)19(4,5)24/h7-10,24H,6H2,1-5H3. The Morgan fingerprint density at radius 2 is 1.88 bits per heavy atom. The maximum Gasteiger partial charge on any atom is 0.165 e. The highest BCUT2D eigenvalue weighted by atomic mass is 35.5. The van der Waals surface area contributed by atoms with Crippen molar-refractivity contribution >= 4 is 22.8 Å². The number of rotatable bonds is 3. The van der Waals surface area contributed by atoms with E-state index in [0.717, 1.165) is 40.4 Å². The molecule has 0 aliphatic carbocycles. The molecule has 0 aliphatic rings. The number of hydrogen-bond acceptors (Lipinski definition) is 3. The predicted octanol–water partition coefficient (Wildman–Crippen LogP) is 4.48. The van der Waals surface area contributed by atoms with Gasteiger partial charge in [0.25, 0.3) is 0 Å². The fourth-order valence-electron chi connectivity index (χ4n) is 3.05. The zero-order chi connectivity index (χ0) is 17.6. The van der Waals surface area contributed by atoms with Gasteiger partial charge in [0.15, 0.2) is 5.65 Å². The summed E-state index contributed by atoms with van der Waals surface area (Å²) in [5.74, 6) is 0.943. The smallest absolute Gasteiger partial charge is 0.165 e. The molecule has 0 fully saturated rings. The topological polar surface area (TPSA) is 50.9 Å². The first kappa shape index (κ1) is 16.9. The minimum absolute atomic E-state index is 0.535. The first-order valence-electron chi connectivity index (χ1n) is 8.10. The summed E-state index contributed by atoms with van der Waals surface area (Å²) in [4.78, 5) is 9.45. The van der Waals surface area contributed by atoms with E-state index in [1.165, 1.54) is 0 Å². The van der Waals surface area contributed by atoms with Crippen molar-refractivity contribution in [2.45, 2.75) is 46.6 Å². The van der Waals surface area contributed by atoms with E-state index in [1.54, 1.807) is 13.8 Å². The summed E-state index contributed by atoms with van der Waals surface area (Å²) in [6, 6.07) is 7.74. The van der Waals surface area contributed by atoms with E-state index in [1.807, 2.05) is 31.2 Å². The summed E-state index contributed by atoms with van der Waals surface area (Å²) in [6.07, 6.45) is 0.791. The molecule has 24 heavy (non-hydrogen) atoms. The maximum absolute atomic E-state index is 10.2. The number of halogens is 1. The molecule has 0 amide bonds. The molecular formula is C19H22ClN3O. The Hall–Kier alpha value is -1.91. The highest BCUT2D eigenvalue weighted by Crippen LogP contribution is 2.31. The molecule has 3 rings (SSSR count). The molecule has 0 saturated heterocycles. The number of nitrogens with zero attached hydrogens (tertiary/aromatic N) is 3. The van der Waals surface area contributed by atoms with Gasteiger partial charge in [-0.05, 0) is 51.5 Å². The summed E-state index contributed by atoms with van der Waals surface area (Å²) in [7, 11) is 0. The van der Waals surface area contributed by atoms with E-state index < -0.39 is 5.60 Å². The van der Waals surface area contributed by atoms with Gasteiger partial charge < -0.3 is 5.11 Å². The van der Waals surface area contributed by atoms with Crippen molar-refractivity contribution in [3.8, 4) is 5.69 Å². The lowest BCUT2D eigenvalue weighted by Gasteiger charge is -2.20. The molecule has 4 nitrogen and oxygen atoms in total. The molecule has 2 heterocycles. The number of benzene rings is 1. The van der Waals surface area contributed by atoms with Crippen LogP contribution in [0, 0.1) is 13.8 Å². The lowest BCUT2D eigenvalue weighted by molar-refractivity contribution is 0.0787. The Morgan fingerprint density at radius 1 is 1.17 bits per heavy atom. The van der Waals surface area contributed by atoms with Crippen molar-refractivity contribution in [2.75, 3.05) is 0 Å². The highest BCUT2D eigenvalue weighted by molar-refractivity contribution is 6.31. The van der Waals surface area contributed by atoms with Crippen LogP contribution in [0.3, 0.4) is 0 Å². The van der Waals surface area contributed by atoms with Crippen molar-refractivity contribution in [2.24, 2.45) is 0 Å². The van der Waals surface area contributed by atoms with Crippen molar-refractivity contribution in [3.63, 3.8) is 0 Å². The van der Waals surface area contributed by atoms with Crippen LogP contribution in [-0.2, 0) is 12.0 Å². The zero-order valence-electron chi connectivity index (χ0n) is 14.7.